The molecule has 222 valence electrons. The third-order valence-corrected chi connectivity index (χ3v) is 10.6. The molecule has 1 aliphatic carbocycles. The van der Waals surface area contributed by atoms with Gasteiger partial charge in [0, 0.05) is 58.6 Å². The van der Waals surface area contributed by atoms with E-state index in [2.05, 4.69) is 14.8 Å². The van der Waals surface area contributed by atoms with Crippen LogP contribution in [0.25, 0.3) is 5.57 Å². The number of ether oxygens (including phenoxy) is 1. The lowest BCUT2D eigenvalue weighted by Gasteiger charge is -2.33. The molecule has 10 nitrogen and oxygen atoms in total. The first-order chi connectivity index (χ1) is 20.1. The Morgan fingerprint density at radius 1 is 1.26 bits per heavy atom. The molecule has 0 radical (unpaired) electrons. The smallest absolute Gasteiger partial charge is 0.333 e. The molecule has 2 fully saturated rings. The van der Waals surface area contributed by atoms with Crippen molar-refractivity contribution in [1.29, 1.82) is 0 Å². The molecular formula is C26H24ClF3N6O4S2. The van der Waals surface area contributed by atoms with Crippen LogP contribution in [0.5, 0.6) is 0 Å². The van der Waals surface area contributed by atoms with Gasteiger partial charge in [-0.15, -0.1) is 11.3 Å². The summed E-state index contributed by atoms with van der Waals surface area (Å²) in [5, 5.41) is 5.75. The van der Waals surface area contributed by atoms with Crippen molar-refractivity contribution in [3.05, 3.63) is 74.8 Å². The van der Waals surface area contributed by atoms with Gasteiger partial charge < -0.3 is 9.64 Å². The molecule has 1 saturated carbocycles. The van der Waals surface area contributed by atoms with E-state index in [0.717, 1.165) is 12.3 Å². The van der Waals surface area contributed by atoms with Gasteiger partial charge in [-0.25, -0.2) is 27.2 Å². The average molecular weight is 641 g/mol. The number of rotatable bonds is 8. The number of aromatic nitrogens is 3. The number of amidine groups is 1. The second-order valence-electron chi connectivity index (χ2n) is 10.2. The van der Waals surface area contributed by atoms with Crippen LogP contribution in [0, 0.1) is 11.7 Å². The Balaban J connectivity index is 1.41. The zero-order valence-corrected chi connectivity index (χ0v) is 24.3. The standard InChI is InChI=1S/C26H24ClF3N6O4S2/c1-40-25(37)13-8-16(9-13)42(38,39)34-15-11-20-21(19-4-6-36(33-19)26(29)30)22(17-3-2-14(28)10-18(17)27)32-23(35(20)12-15)24-31-5-7-41-24/h2-7,10,13,15-16,22,26,34H,8-9,11-12H2,1H3/t13-,15-,16+,22-/m0/s1. The van der Waals surface area contributed by atoms with Gasteiger partial charge in [-0.05, 0) is 31.0 Å². The van der Waals surface area contributed by atoms with Gasteiger partial charge in [0.25, 0.3) is 0 Å². The summed E-state index contributed by atoms with van der Waals surface area (Å²) >= 11 is 7.80. The van der Waals surface area contributed by atoms with Crippen molar-refractivity contribution in [1.82, 2.24) is 24.4 Å². The summed E-state index contributed by atoms with van der Waals surface area (Å²) in [5.74, 6) is -1.01. The van der Waals surface area contributed by atoms with Gasteiger partial charge in [0.05, 0.1) is 24.0 Å². The van der Waals surface area contributed by atoms with Crippen LogP contribution in [0.15, 0.2) is 52.7 Å². The third-order valence-electron chi connectivity index (χ3n) is 7.62. The van der Waals surface area contributed by atoms with Gasteiger partial charge in [0.15, 0.2) is 10.8 Å². The predicted octanol–water partition coefficient (Wildman–Crippen LogP) is 4.39. The number of halogens is 4. The molecule has 4 heterocycles. The van der Waals surface area contributed by atoms with Crippen molar-refractivity contribution in [3.63, 3.8) is 0 Å². The lowest BCUT2D eigenvalue weighted by molar-refractivity contribution is -0.148. The molecule has 1 N–H and O–H groups in total. The molecule has 2 atom stereocenters. The number of carbonyl (C=O) groups is 1. The Kier molecular flexibility index (Phi) is 7.62. The maximum Gasteiger partial charge on any atom is 0.333 e. The van der Waals surface area contributed by atoms with Crippen molar-refractivity contribution in [3.8, 4) is 0 Å². The number of hydrogen-bond acceptors (Lipinski definition) is 9. The molecule has 0 spiro atoms. The maximum absolute atomic E-state index is 14.0. The fourth-order valence-electron chi connectivity index (χ4n) is 5.54. The molecule has 0 bridgehead atoms. The van der Waals surface area contributed by atoms with Crippen LogP contribution >= 0.6 is 22.9 Å². The fraction of sp³-hybridized carbons (Fsp3) is 0.385. The number of alkyl halides is 2. The first-order valence-electron chi connectivity index (χ1n) is 12.9. The SMILES string of the molecule is COC(=O)[C@H]1C[C@@H](S(=O)(=O)N[C@H]2CC3=C(c4ccn(C(F)F)n4)[C@H](c4ccc(F)cc4Cl)N=C(c4nccs4)N3C2)C1. The molecule has 2 aliphatic heterocycles. The summed E-state index contributed by atoms with van der Waals surface area (Å²) in [6.45, 7) is -2.70. The second-order valence-corrected chi connectivity index (χ2v) is 13.5. The van der Waals surface area contributed by atoms with E-state index in [0.29, 0.717) is 32.4 Å². The fourth-order valence-corrected chi connectivity index (χ4v) is 8.24. The number of hydrogen-bond donors (Lipinski definition) is 1. The summed E-state index contributed by atoms with van der Waals surface area (Å²) in [6, 6.07) is 3.81. The van der Waals surface area contributed by atoms with Crippen LogP contribution in [-0.4, -0.2) is 64.8 Å². The van der Waals surface area contributed by atoms with Crippen LogP contribution in [0.3, 0.4) is 0 Å². The molecule has 2 aromatic heterocycles. The predicted molar refractivity (Wildman–Crippen MR) is 149 cm³/mol. The first kappa shape index (κ1) is 28.8. The number of methoxy groups -OCH3 is 1. The van der Waals surface area contributed by atoms with Crippen LogP contribution < -0.4 is 4.72 Å². The number of nitrogens with zero attached hydrogens (tertiary/aromatic N) is 5. The van der Waals surface area contributed by atoms with Crippen LogP contribution in [0.2, 0.25) is 5.02 Å². The summed E-state index contributed by atoms with van der Waals surface area (Å²) in [4.78, 5) is 22.9. The molecule has 3 aromatic rings. The number of fused-ring (bicyclic) bond motifs is 1. The number of thiazole rings is 1. The van der Waals surface area contributed by atoms with E-state index in [4.69, 9.17) is 21.3 Å². The summed E-state index contributed by atoms with van der Waals surface area (Å²) in [7, 11) is -2.54. The Hall–Kier alpha value is -3.27. The normalized spacial score (nSPS) is 24.0. The number of nitrogens with one attached hydrogen (secondary N) is 1. The van der Waals surface area contributed by atoms with Crippen LogP contribution in [-0.2, 0) is 19.6 Å². The van der Waals surface area contributed by atoms with Gasteiger partial charge in [-0.2, -0.15) is 13.9 Å². The van der Waals surface area contributed by atoms with E-state index >= 15 is 0 Å². The lowest BCUT2D eigenvalue weighted by Crippen LogP contribution is -2.49. The highest BCUT2D eigenvalue weighted by Crippen LogP contribution is 2.46. The zero-order chi connectivity index (χ0) is 29.8. The zero-order valence-electron chi connectivity index (χ0n) is 22.0. The van der Waals surface area contributed by atoms with Crippen molar-refractivity contribution in [2.45, 2.75) is 43.1 Å². The van der Waals surface area contributed by atoms with Crippen molar-refractivity contribution >= 4 is 50.3 Å². The van der Waals surface area contributed by atoms with Crippen LogP contribution in [0.1, 0.15) is 48.1 Å². The van der Waals surface area contributed by atoms with E-state index in [9.17, 15) is 26.4 Å². The lowest BCUT2D eigenvalue weighted by atomic mass is 9.85. The minimum Gasteiger partial charge on any atom is -0.469 e. The Labute approximate surface area is 247 Å². The molecule has 42 heavy (non-hydrogen) atoms. The Morgan fingerprint density at radius 2 is 2.05 bits per heavy atom. The van der Waals surface area contributed by atoms with E-state index in [1.54, 1.807) is 11.6 Å². The highest BCUT2D eigenvalue weighted by Gasteiger charge is 2.46. The summed E-state index contributed by atoms with van der Waals surface area (Å²) in [6.07, 6.45) is 3.26. The highest BCUT2D eigenvalue weighted by atomic mass is 35.5. The maximum atomic E-state index is 14.0. The van der Waals surface area contributed by atoms with Gasteiger partial charge in [0.1, 0.15) is 11.9 Å². The molecule has 1 aromatic carbocycles. The molecule has 1 saturated heterocycles. The molecule has 0 unspecified atom stereocenters. The number of sulfonamides is 1. The average Bonchev–Trinajstić information content (AvgIpc) is 3.67. The van der Waals surface area contributed by atoms with Gasteiger partial charge in [-0.1, -0.05) is 17.7 Å². The topological polar surface area (TPSA) is 119 Å². The molecular weight excluding hydrogens is 617 g/mol. The molecule has 3 aliphatic rings. The van der Waals surface area contributed by atoms with E-state index in [1.165, 1.54) is 36.6 Å². The number of esters is 1. The third kappa shape index (κ3) is 5.23. The van der Waals surface area contributed by atoms with Gasteiger partial charge >= 0.3 is 12.5 Å². The number of aliphatic imine (C=N–C) groups is 1. The molecule has 16 heteroatoms. The second kappa shape index (κ2) is 11.1. The summed E-state index contributed by atoms with van der Waals surface area (Å²) < 4.78 is 75.6. The van der Waals surface area contributed by atoms with Gasteiger partial charge in [-0.3, -0.25) is 9.79 Å². The van der Waals surface area contributed by atoms with Crippen molar-refractivity contribution < 1.29 is 31.1 Å². The summed E-state index contributed by atoms with van der Waals surface area (Å²) in [5.41, 5.74) is 1.67. The van der Waals surface area contributed by atoms with Crippen LogP contribution in [0.4, 0.5) is 13.2 Å². The Morgan fingerprint density at radius 3 is 2.69 bits per heavy atom. The van der Waals surface area contributed by atoms with Crippen molar-refractivity contribution in [2.24, 2.45) is 10.9 Å². The minimum atomic E-state index is -3.80. The van der Waals surface area contributed by atoms with E-state index in [1.807, 2.05) is 4.90 Å². The van der Waals surface area contributed by atoms with E-state index in [-0.39, 0.29) is 36.5 Å². The minimum absolute atomic E-state index is 0.0856. The quantitative estimate of drug-likeness (QED) is 0.363. The first-order valence-corrected chi connectivity index (χ1v) is 15.7. The van der Waals surface area contributed by atoms with Crippen molar-refractivity contribution in [2.75, 3.05) is 13.7 Å². The van der Waals surface area contributed by atoms with E-state index < -0.39 is 51.6 Å². The molecule has 0 amide bonds. The molecule has 6 rings (SSSR count). The monoisotopic (exact) mass is 640 g/mol. The number of carbonyl (C=O) groups excluding carboxylic acids is 1. The Bertz CT molecular complexity index is 1690. The van der Waals surface area contributed by atoms with Gasteiger partial charge in [0.2, 0.25) is 10.0 Å². The highest BCUT2D eigenvalue weighted by molar-refractivity contribution is 7.90. The largest absolute Gasteiger partial charge is 0.469 e. The number of benzene rings is 1.